The number of nitrogens with two attached hydrogens (primary N) is 1. The van der Waals surface area contributed by atoms with Gasteiger partial charge in [0, 0.05) is 17.5 Å². The zero-order valence-electron chi connectivity index (χ0n) is 11.0. The highest BCUT2D eigenvalue weighted by molar-refractivity contribution is 6.02. The van der Waals surface area contributed by atoms with E-state index in [0.717, 1.165) is 30.4 Å². The minimum atomic E-state index is -0.257. The number of benzene rings is 1. The van der Waals surface area contributed by atoms with E-state index in [-0.39, 0.29) is 11.2 Å². The zero-order valence-corrected chi connectivity index (χ0v) is 11.0. The summed E-state index contributed by atoms with van der Waals surface area (Å²) in [6, 6.07) is 4.01. The van der Waals surface area contributed by atoms with Gasteiger partial charge in [0.05, 0.1) is 0 Å². The fourth-order valence-electron chi connectivity index (χ4n) is 2.62. The molecule has 0 spiro atoms. The van der Waals surface area contributed by atoms with Gasteiger partial charge in [0.15, 0.2) is 5.78 Å². The molecular formula is C15H21NO. The minimum absolute atomic E-state index is 0.256. The lowest BCUT2D eigenvalue weighted by Crippen LogP contribution is -2.44. The van der Waals surface area contributed by atoms with Gasteiger partial charge >= 0.3 is 0 Å². The molecule has 0 saturated heterocycles. The molecule has 1 aliphatic carbocycles. The summed E-state index contributed by atoms with van der Waals surface area (Å²) in [6.07, 6.45) is 3.04. The van der Waals surface area contributed by atoms with Crippen LogP contribution in [0.5, 0.6) is 0 Å². The van der Waals surface area contributed by atoms with Crippen molar-refractivity contribution in [1.82, 2.24) is 0 Å². The van der Waals surface area contributed by atoms with Crippen LogP contribution in [0.25, 0.3) is 0 Å². The van der Waals surface area contributed by atoms with E-state index >= 15 is 0 Å². The lowest BCUT2D eigenvalue weighted by atomic mass is 9.64. The third-order valence-electron chi connectivity index (χ3n) is 4.49. The summed E-state index contributed by atoms with van der Waals surface area (Å²) in [7, 11) is 0. The molecular weight excluding hydrogens is 210 g/mol. The highest BCUT2D eigenvalue weighted by Gasteiger charge is 2.43. The van der Waals surface area contributed by atoms with Crippen molar-refractivity contribution in [3.05, 3.63) is 34.4 Å². The van der Waals surface area contributed by atoms with Crippen molar-refractivity contribution in [3.63, 3.8) is 0 Å². The maximum absolute atomic E-state index is 12.6. The molecule has 0 amide bonds. The molecule has 0 aromatic heterocycles. The van der Waals surface area contributed by atoms with Gasteiger partial charge in [-0.25, -0.2) is 0 Å². The number of Topliss-reactive ketones (excluding diaryl/α,β-unsaturated/α-hetero) is 1. The number of aryl methyl sites for hydroxylation is 1. The quantitative estimate of drug-likeness (QED) is 0.813. The van der Waals surface area contributed by atoms with E-state index in [9.17, 15) is 4.79 Å². The lowest BCUT2D eigenvalue weighted by Gasteiger charge is -2.39. The first-order valence-electron chi connectivity index (χ1n) is 6.33. The Morgan fingerprint density at radius 3 is 2.35 bits per heavy atom. The summed E-state index contributed by atoms with van der Waals surface area (Å²) in [5.41, 5.74) is 10.0. The van der Waals surface area contributed by atoms with Gasteiger partial charge in [-0.1, -0.05) is 18.6 Å². The standard InChI is InChI=1S/C15H21NO/c1-10-5-6-13(12(3)11(10)2)14(17)15(9-16)7-4-8-15/h5-6H,4,7-9,16H2,1-3H3. The van der Waals surface area contributed by atoms with Crippen molar-refractivity contribution in [2.75, 3.05) is 6.54 Å². The topological polar surface area (TPSA) is 43.1 Å². The number of ketones is 1. The smallest absolute Gasteiger partial charge is 0.170 e. The van der Waals surface area contributed by atoms with Crippen molar-refractivity contribution >= 4 is 5.78 Å². The van der Waals surface area contributed by atoms with Crippen LogP contribution in [0.4, 0.5) is 0 Å². The molecule has 0 atom stereocenters. The van der Waals surface area contributed by atoms with Crippen molar-refractivity contribution in [2.24, 2.45) is 11.1 Å². The molecule has 0 bridgehead atoms. The van der Waals surface area contributed by atoms with E-state index < -0.39 is 0 Å². The first-order chi connectivity index (χ1) is 8.02. The van der Waals surface area contributed by atoms with Gasteiger partial charge in [0.1, 0.15) is 0 Å². The van der Waals surface area contributed by atoms with Crippen LogP contribution >= 0.6 is 0 Å². The Morgan fingerprint density at radius 1 is 1.24 bits per heavy atom. The van der Waals surface area contributed by atoms with Crippen LogP contribution in [0.1, 0.15) is 46.3 Å². The number of rotatable bonds is 3. The lowest BCUT2D eigenvalue weighted by molar-refractivity contribution is 0.0635. The maximum atomic E-state index is 12.6. The van der Waals surface area contributed by atoms with E-state index in [2.05, 4.69) is 13.8 Å². The number of carbonyl (C=O) groups is 1. The molecule has 2 N–H and O–H groups in total. The SMILES string of the molecule is Cc1ccc(C(=O)C2(CN)CCC2)c(C)c1C. The number of carbonyl (C=O) groups excluding carboxylic acids is 1. The Labute approximate surface area is 103 Å². The molecule has 2 heteroatoms. The van der Waals surface area contributed by atoms with E-state index in [4.69, 9.17) is 5.73 Å². The van der Waals surface area contributed by atoms with Crippen LogP contribution in [0.15, 0.2) is 12.1 Å². The molecule has 1 saturated carbocycles. The van der Waals surface area contributed by atoms with Crippen LogP contribution in [0, 0.1) is 26.2 Å². The molecule has 92 valence electrons. The Hall–Kier alpha value is -1.15. The zero-order chi connectivity index (χ0) is 12.6. The normalized spacial score (nSPS) is 17.6. The molecule has 2 rings (SSSR count). The van der Waals surface area contributed by atoms with Crippen molar-refractivity contribution in [1.29, 1.82) is 0 Å². The highest BCUT2D eigenvalue weighted by atomic mass is 16.1. The summed E-state index contributed by atoms with van der Waals surface area (Å²) in [6.45, 7) is 6.69. The Morgan fingerprint density at radius 2 is 1.88 bits per heavy atom. The molecule has 1 aliphatic rings. The number of hydrogen-bond donors (Lipinski definition) is 1. The molecule has 0 radical (unpaired) electrons. The second-order valence-electron chi connectivity index (χ2n) is 5.35. The largest absolute Gasteiger partial charge is 0.329 e. The van der Waals surface area contributed by atoms with E-state index in [1.807, 2.05) is 19.1 Å². The molecule has 1 aromatic carbocycles. The van der Waals surface area contributed by atoms with Gasteiger partial charge in [0.2, 0.25) is 0 Å². The molecule has 0 heterocycles. The fraction of sp³-hybridized carbons (Fsp3) is 0.533. The van der Waals surface area contributed by atoms with Crippen molar-refractivity contribution in [2.45, 2.75) is 40.0 Å². The van der Waals surface area contributed by atoms with Gasteiger partial charge in [0.25, 0.3) is 0 Å². The third-order valence-corrected chi connectivity index (χ3v) is 4.49. The van der Waals surface area contributed by atoms with Crippen LogP contribution in [-0.4, -0.2) is 12.3 Å². The van der Waals surface area contributed by atoms with E-state index in [0.29, 0.717) is 6.54 Å². The molecule has 1 aromatic rings. The Bertz CT molecular complexity index is 453. The molecule has 0 aliphatic heterocycles. The first kappa shape index (κ1) is 12.3. The molecule has 1 fully saturated rings. The first-order valence-corrected chi connectivity index (χ1v) is 6.33. The monoisotopic (exact) mass is 231 g/mol. The Kier molecular flexibility index (Phi) is 3.09. The van der Waals surface area contributed by atoms with Crippen LogP contribution in [0.2, 0.25) is 0 Å². The summed E-state index contributed by atoms with van der Waals surface area (Å²) in [4.78, 5) is 12.6. The van der Waals surface area contributed by atoms with Crippen LogP contribution in [-0.2, 0) is 0 Å². The third kappa shape index (κ3) is 1.81. The predicted octanol–water partition coefficient (Wildman–Crippen LogP) is 2.92. The second-order valence-corrected chi connectivity index (χ2v) is 5.35. The van der Waals surface area contributed by atoms with Gasteiger partial charge in [-0.2, -0.15) is 0 Å². The van der Waals surface area contributed by atoms with Crippen LogP contribution < -0.4 is 5.73 Å². The van der Waals surface area contributed by atoms with E-state index in [1.54, 1.807) is 0 Å². The average Bonchev–Trinajstić information content (AvgIpc) is 2.25. The van der Waals surface area contributed by atoms with E-state index in [1.165, 1.54) is 11.1 Å². The van der Waals surface area contributed by atoms with Crippen molar-refractivity contribution in [3.8, 4) is 0 Å². The second kappa shape index (κ2) is 4.26. The maximum Gasteiger partial charge on any atom is 0.170 e. The van der Waals surface area contributed by atoms with Gasteiger partial charge in [-0.3, -0.25) is 4.79 Å². The molecule has 2 nitrogen and oxygen atoms in total. The van der Waals surface area contributed by atoms with Gasteiger partial charge in [-0.15, -0.1) is 0 Å². The summed E-state index contributed by atoms with van der Waals surface area (Å²) in [5.74, 6) is 0.256. The predicted molar refractivity (Wildman–Crippen MR) is 70.3 cm³/mol. The average molecular weight is 231 g/mol. The summed E-state index contributed by atoms with van der Waals surface area (Å²) in [5, 5.41) is 0. The summed E-state index contributed by atoms with van der Waals surface area (Å²) < 4.78 is 0. The fourth-order valence-corrected chi connectivity index (χ4v) is 2.62. The summed E-state index contributed by atoms with van der Waals surface area (Å²) >= 11 is 0. The molecule has 17 heavy (non-hydrogen) atoms. The molecule has 0 unspecified atom stereocenters. The van der Waals surface area contributed by atoms with Gasteiger partial charge in [-0.05, 0) is 50.3 Å². The Balaban J connectivity index is 2.41. The minimum Gasteiger partial charge on any atom is -0.329 e. The van der Waals surface area contributed by atoms with Crippen molar-refractivity contribution < 1.29 is 4.79 Å². The van der Waals surface area contributed by atoms with Gasteiger partial charge < -0.3 is 5.73 Å². The number of hydrogen-bond acceptors (Lipinski definition) is 2. The van der Waals surface area contributed by atoms with Crippen LogP contribution in [0.3, 0.4) is 0 Å². The highest BCUT2D eigenvalue weighted by Crippen LogP contribution is 2.43.